The molecule has 0 heterocycles. The van der Waals surface area contributed by atoms with Crippen molar-refractivity contribution in [3.05, 3.63) is 120 Å². The van der Waals surface area contributed by atoms with Gasteiger partial charge in [0.05, 0.1) is 12.2 Å². The second-order valence-electron chi connectivity index (χ2n) is 7.05. The molecule has 0 fully saturated rings. The van der Waals surface area contributed by atoms with E-state index in [4.69, 9.17) is 0 Å². The summed E-state index contributed by atoms with van der Waals surface area (Å²) in [6.07, 6.45) is -0.164. The maximum Gasteiger partial charge on any atom is 0.0830 e. The van der Waals surface area contributed by atoms with Crippen LogP contribution in [0.3, 0.4) is 0 Å². The molecule has 0 spiro atoms. The molecule has 3 aromatic carbocycles. The van der Waals surface area contributed by atoms with Crippen LogP contribution < -0.4 is 0 Å². The van der Waals surface area contributed by atoms with E-state index in [0.717, 1.165) is 33.4 Å². The molecule has 0 amide bonds. The molecule has 0 aliphatic heterocycles. The van der Waals surface area contributed by atoms with Gasteiger partial charge >= 0.3 is 0 Å². The summed E-state index contributed by atoms with van der Waals surface area (Å²) in [5.74, 6) is 0. The van der Waals surface area contributed by atoms with Crippen molar-refractivity contribution >= 4 is 11.1 Å². The quantitative estimate of drug-likeness (QED) is 0.513. The van der Waals surface area contributed by atoms with E-state index >= 15 is 0 Å². The van der Waals surface area contributed by atoms with Gasteiger partial charge in [-0.05, 0) is 33.4 Å². The van der Waals surface area contributed by atoms with Crippen LogP contribution in [0.4, 0.5) is 0 Å². The Labute approximate surface area is 167 Å². The summed E-state index contributed by atoms with van der Waals surface area (Å²) in [4.78, 5) is 0. The predicted molar refractivity (Wildman–Crippen MR) is 117 cm³/mol. The molecule has 0 saturated heterocycles. The number of benzene rings is 3. The molecule has 142 valence electrons. The first kappa shape index (κ1) is 19.8. The van der Waals surface area contributed by atoms with Gasteiger partial charge in [0, 0.05) is 12.8 Å². The first-order valence-corrected chi connectivity index (χ1v) is 9.47. The van der Waals surface area contributed by atoms with Crippen LogP contribution in [-0.4, -0.2) is 10.2 Å². The summed E-state index contributed by atoms with van der Waals surface area (Å²) >= 11 is 0. The number of hydrogen-bond donors (Lipinski definition) is 2. The Hall–Kier alpha value is -2.94. The summed E-state index contributed by atoms with van der Waals surface area (Å²) in [5, 5.41) is 20.8. The van der Waals surface area contributed by atoms with Crippen LogP contribution in [0.2, 0.25) is 0 Å². The number of hydrogen-bond acceptors (Lipinski definition) is 2. The van der Waals surface area contributed by atoms with Crippen molar-refractivity contribution in [2.75, 3.05) is 0 Å². The zero-order chi connectivity index (χ0) is 19.9. The van der Waals surface area contributed by atoms with Gasteiger partial charge in [-0.3, -0.25) is 0 Å². The van der Waals surface area contributed by atoms with Gasteiger partial charge in [-0.25, -0.2) is 0 Å². The van der Waals surface area contributed by atoms with Crippen molar-refractivity contribution in [3.8, 4) is 0 Å². The summed E-state index contributed by atoms with van der Waals surface area (Å²) in [6, 6.07) is 27.2. The molecular formula is C26H26O2. The normalized spacial score (nSPS) is 12.9. The zero-order valence-electron chi connectivity index (χ0n) is 16.0. The first-order chi connectivity index (χ1) is 13.5. The van der Waals surface area contributed by atoms with Crippen LogP contribution in [0.1, 0.15) is 47.3 Å². The lowest BCUT2D eigenvalue weighted by molar-refractivity contribution is 0.183. The lowest BCUT2D eigenvalue weighted by Gasteiger charge is -2.15. The third-order valence-corrected chi connectivity index (χ3v) is 4.95. The van der Waals surface area contributed by atoms with E-state index < -0.39 is 12.2 Å². The number of aliphatic hydroxyl groups excluding tert-OH is 2. The highest BCUT2D eigenvalue weighted by molar-refractivity contribution is 5.69. The molecule has 2 atom stereocenters. The van der Waals surface area contributed by atoms with Gasteiger partial charge in [-0.1, -0.05) is 98.1 Å². The van der Waals surface area contributed by atoms with E-state index in [-0.39, 0.29) is 0 Å². The molecule has 0 aromatic heterocycles. The minimum absolute atomic E-state index is 0.483. The Kier molecular flexibility index (Phi) is 6.59. The Morgan fingerprint density at radius 3 is 1.21 bits per heavy atom. The fraction of sp³-hybridized carbons (Fsp3) is 0.154. The van der Waals surface area contributed by atoms with E-state index in [0.29, 0.717) is 12.8 Å². The van der Waals surface area contributed by atoms with Crippen molar-refractivity contribution in [2.45, 2.75) is 25.0 Å². The monoisotopic (exact) mass is 370 g/mol. The van der Waals surface area contributed by atoms with E-state index in [9.17, 15) is 10.2 Å². The molecule has 0 saturated carbocycles. The zero-order valence-corrected chi connectivity index (χ0v) is 16.0. The maximum atomic E-state index is 10.4. The molecule has 3 rings (SSSR count). The van der Waals surface area contributed by atoms with Gasteiger partial charge in [0.15, 0.2) is 0 Å². The van der Waals surface area contributed by atoms with Crippen molar-refractivity contribution < 1.29 is 10.2 Å². The highest BCUT2D eigenvalue weighted by Crippen LogP contribution is 2.29. The summed E-state index contributed by atoms with van der Waals surface area (Å²) < 4.78 is 0. The fourth-order valence-corrected chi connectivity index (χ4v) is 3.23. The van der Waals surface area contributed by atoms with Crippen LogP contribution in [0.15, 0.2) is 98.1 Å². The number of aliphatic hydroxyl groups is 2. The Balaban J connectivity index is 1.61. The SMILES string of the molecule is C=C(C[C@@H](O)c1ccccc1)c1ccc(C(=C)C[C@@H](O)c2ccccc2)cc1. The first-order valence-electron chi connectivity index (χ1n) is 9.47. The summed E-state index contributed by atoms with van der Waals surface area (Å²) in [7, 11) is 0. The van der Waals surface area contributed by atoms with Crippen LogP contribution in [-0.2, 0) is 0 Å². The molecule has 28 heavy (non-hydrogen) atoms. The molecule has 0 radical (unpaired) electrons. The van der Waals surface area contributed by atoms with Gasteiger partial charge in [0.1, 0.15) is 0 Å². The van der Waals surface area contributed by atoms with Crippen molar-refractivity contribution in [1.82, 2.24) is 0 Å². The van der Waals surface area contributed by atoms with Gasteiger partial charge < -0.3 is 10.2 Å². The molecule has 0 aliphatic carbocycles. The van der Waals surface area contributed by atoms with Crippen LogP contribution in [0, 0.1) is 0 Å². The Morgan fingerprint density at radius 1 is 0.571 bits per heavy atom. The Bertz CT molecular complexity index is 833. The van der Waals surface area contributed by atoms with Gasteiger partial charge in [0.2, 0.25) is 0 Å². The molecule has 0 unspecified atom stereocenters. The Morgan fingerprint density at radius 2 is 0.893 bits per heavy atom. The van der Waals surface area contributed by atoms with Crippen molar-refractivity contribution in [1.29, 1.82) is 0 Å². The van der Waals surface area contributed by atoms with E-state index in [1.807, 2.05) is 84.9 Å². The summed E-state index contributed by atoms with van der Waals surface area (Å²) in [6.45, 7) is 8.26. The second-order valence-corrected chi connectivity index (χ2v) is 7.05. The van der Waals surface area contributed by atoms with Gasteiger partial charge in [0.25, 0.3) is 0 Å². The topological polar surface area (TPSA) is 40.5 Å². The highest BCUT2D eigenvalue weighted by Gasteiger charge is 2.12. The standard InChI is InChI=1S/C26H26O2/c1-19(17-25(27)23-9-5-3-6-10-23)21-13-15-22(16-14-21)20(2)18-26(28)24-11-7-4-8-12-24/h3-16,25-28H,1-2,17-18H2/t25-,26-/m1/s1. The van der Waals surface area contributed by atoms with E-state index in [2.05, 4.69) is 13.2 Å². The maximum absolute atomic E-state index is 10.4. The largest absolute Gasteiger partial charge is 0.388 e. The second kappa shape index (κ2) is 9.32. The molecule has 0 aliphatic rings. The van der Waals surface area contributed by atoms with Gasteiger partial charge in [-0.15, -0.1) is 0 Å². The molecule has 3 aromatic rings. The molecule has 2 nitrogen and oxygen atoms in total. The minimum atomic E-state index is -0.565. The van der Waals surface area contributed by atoms with E-state index in [1.165, 1.54) is 0 Å². The molecule has 2 N–H and O–H groups in total. The molecular weight excluding hydrogens is 344 g/mol. The van der Waals surface area contributed by atoms with Crippen molar-refractivity contribution in [2.24, 2.45) is 0 Å². The van der Waals surface area contributed by atoms with Gasteiger partial charge in [-0.2, -0.15) is 0 Å². The summed E-state index contributed by atoms with van der Waals surface area (Å²) in [5.41, 5.74) is 5.55. The predicted octanol–water partition coefficient (Wildman–Crippen LogP) is 5.96. The number of rotatable bonds is 8. The molecule has 2 heteroatoms. The van der Waals surface area contributed by atoms with Crippen molar-refractivity contribution in [3.63, 3.8) is 0 Å². The minimum Gasteiger partial charge on any atom is -0.388 e. The lowest BCUT2D eigenvalue weighted by Crippen LogP contribution is -1.99. The fourth-order valence-electron chi connectivity index (χ4n) is 3.23. The van der Waals surface area contributed by atoms with Crippen LogP contribution in [0.5, 0.6) is 0 Å². The van der Waals surface area contributed by atoms with Crippen LogP contribution >= 0.6 is 0 Å². The lowest BCUT2D eigenvalue weighted by atomic mass is 9.94. The third-order valence-electron chi connectivity index (χ3n) is 4.95. The third kappa shape index (κ3) is 5.07. The highest BCUT2D eigenvalue weighted by atomic mass is 16.3. The smallest absolute Gasteiger partial charge is 0.0830 e. The van der Waals surface area contributed by atoms with E-state index in [1.54, 1.807) is 0 Å². The van der Waals surface area contributed by atoms with Crippen LogP contribution in [0.25, 0.3) is 11.1 Å². The average molecular weight is 370 g/mol. The molecule has 0 bridgehead atoms. The average Bonchev–Trinajstić information content (AvgIpc) is 2.75.